The van der Waals surface area contributed by atoms with Gasteiger partial charge in [0.05, 0.1) is 0 Å². The molecular weight excluding hydrogens is 234 g/mol. The molecule has 1 atom stereocenters. The molecule has 3 N–H and O–H groups in total. The lowest BCUT2D eigenvalue weighted by molar-refractivity contribution is -0.162. The van der Waals surface area contributed by atoms with Gasteiger partial charge in [0.25, 0.3) is 0 Å². The number of carboxylic acid groups (broad SMARTS) is 1. The first kappa shape index (κ1) is 14.0. The molecule has 5 heteroatoms. The topological polar surface area (TPSA) is 89.6 Å². The number of rotatable bonds is 3. The normalized spacial score (nSPS) is 12.8. The van der Waals surface area contributed by atoms with Crippen molar-refractivity contribution in [2.45, 2.75) is 32.3 Å². The molecule has 0 radical (unpaired) electrons. The monoisotopic (exact) mass is 251 g/mol. The number of carboxylic acids is 1. The number of aliphatic carboxylic acids is 1. The molecule has 0 amide bonds. The van der Waals surface area contributed by atoms with E-state index in [9.17, 15) is 9.59 Å². The zero-order chi connectivity index (χ0) is 13.9. The Kier molecular flexibility index (Phi) is 3.96. The number of ether oxygens (including phenoxy) is 1. The Hall–Kier alpha value is -2.04. The van der Waals surface area contributed by atoms with Crippen molar-refractivity contribution in [3.8, 4) is 0 Å². The molecule has 0 aliphatic carbocycles. The van der Waals surface area contributed by atoms with Gasteiger partial charge in [-0.1, -0.05) is 12.1 Å². The quantitative estimate of drug-likeness (QED) is 0.485. The van der Waals surface area contributed by atoms with E-state index in [0.717, 1.165) is 0 Å². The first-order chi connectivity index (χ1) is 8.20. The van der Waals surface area contributed by atoms with Crippen LogP contribution in [0.3, 0.4) is 0 Å². The van der Waals surface area contributed by atoms with Gasteiger partial charge >= 0.3 is 11.9 Å². The first-order valence-electron chi connectivity index (χ1n) is 5.52. The molecule has 5 nitrogen and oxygen atoms in total. The van der Waals surface area contributed by atoms with Crippen LogP contribution in [0.5, 0.6) is 0 Å². The summed E-state index contributed by atoms with van der Waals surface area (Å²) in [7, 11) is 0. The number of hydrogen-bond donors (Lipinski definition) is 2. The smallest absolute Gasteiger partial charge is 0.325 e. The lowest BCUT2D eigenvalue weighted by Gasteiger charge is -2.22. The number of nitrogens with two attached hydrogens (primary N) is 1. The highest BCUT2D eigenvalue weighted by Crippen LogP contribution is 2.22. The van der Waals surface area contributed by atoms with Gasteiger partial charge in [0.2, 0.25) is 0 Å². The van der Waals surface area contributed by atoms with Crippen LogP contribution in [0.4, 0.5) is 5.69 Å². The predicted octanol–water partition coefficient (Wildman–Crippen LogP) is 1.78. The second kappa shape index (κ2) is 5.08. The minimum Gasteiger partial charge on any atom is -0.480 e. The Labute approximate surface area is 106 Å². The summed E-state index contributed by atoms with van der Waals surface area (Å²) in [5.74, 6) is -3.35. The van der Waals surface area contributed by atoms with Gasteiger partial charge in [-0.15, -0.1) is 0 Å². The molecule has 1 rings (SSSR count). The summed E-state index contributed by atoms with van der Waals surface area (Å²) in [5.41, 5.74) is 5.65. The van der Waals surface area contributed by atoms with E-state index in [1.807, 2.05) is 0 Å². The predicted molar refractivity (Wildman–Crippen MR) is 67.1 cm³/mol. The molecule has 0 saturated heterocycles. The minimum atomic E-state index is -1.33. The summed E-state index contributed by atoms with van der Waals surface area (Å²) in [6.45, 7) is 5.06. The van der Waals surface area contributed by atoms with Crippen molar-refractivity contribution in [3.05, 3.63) is 29.8 Å². The largest absolute Gasteiger partial charge is 0.480 e. The van der Waals surface area contributed by atoms with Gasteiger partial charge in [-0.05, 0) is 38.5 Å². The summed E-state index contributed by atoms with van der Waals surface area (Å²) in [6.07, 6.45) is 0. The molecule has 1 aromatic carbocycles. The summed E-state index contributed by atoms with van der Waals surface area (Å²) < 4.78 is 5.09. The molecule has 0 heterocycles. The number of nitrogen functional groups attached to an aromatic ring is 1. The number of carbonyl (C=O) groups is 2. The molecule has 0 aliphatic heterocycles. The average Bonchev–Trinajstić information content (AvgIpc) is 2.18. The maximum Gasteiger partial charge on any atom is 0.325 e. The highest BCUT2D eigenvalue weighted by Gasteiger charge is 2.32. The summed E-state index contributed by atoms with van der Waals surface area (Å²) in [6, 6.07) is 6.13. The fourth-order valence-corrected chi connectivity index (χ4v) is 1.43. The zero-order valence-electron chi connectivity index (χ0n) is 10.6. The fourth-order valence-electron chi connectivity index (χ4n) is 1.43. The van der Waals surface area contributed by atoms with E-state index in [1.54, 1.807) is 32.9 Å². The van der Waals surface area contributed by atoms with Gasteiger partial charge in [-0.2, -0.15) is 0 Å². The molecule has 0 unspecified atom stereocenters. The lowest BCUT2D eigenvalue weighted by Crippen LogP contribution is -2.31. The third-order valence-electron chi connectivity index (χ3n) is 2.16. The van der Waals surface area contributed by atoms with Crippen LogP contribution in [0.1, 0.15) is 32.3 Å². The third-order valence-corrected chi connectivity index (χ3v) is 2.16. The molecule has 18 heavy (non-hydrogen) atoms. The van der Waals surface area contributed by atoms with E-state index in [4.69, 9.17) is 15.6 Å². The van der Waals surface area contributed by atoms with Crippen LogP contribution >= 0.6 is 0 Å². The van der Waals surface area contributed by atoms with E-state index in [-0.39, 0.29) is 0 Å². The van der Waals surface area contributed by atoms with Crippen LogP contribution in [0.2, 0.25) is 0 Å². The van der Waals surface area contributed by atoms with Crippen molar-refractivity contribution in [1.29, 1.82) is 0 Å². The van der Waals surface area contributed by atoms with Crippen LogP contribution in [-0.4, -0.2) is 22.6 Å². The van der Waals surface area contributed by atoms with E-state index in [0.29, 0.717) is 11.3 Å². The van der Waals surface area contributed by atoms with Gasteiger partial charge in [-0.25, -0.2) is 0 Å². The van der Waals surface area contributed by atoms with Crippen molar-refractivity contribution < 1.29 is 19.4 Å². The van der Waals surface area contributed by atoms with Crippen molar-refractivity contribution >= 4 is 17.6 Å². The van der Waals surface area contributed by atoms with Crippen molar-refractivity contribution in [1.82, 2.24) is 0 Å². The third kappa shape index (κ3) is 3.76. The SMILES string of the molecule is CC(C)(C)OC(=O)[C@H](C(=O)O)c1ccc(N)cc1. The Morgan fingerprint density at radius 3 is 2.11 bits per heavy atom. The summed E-state index contributed by atoms with van der Waals surface area (Å²) in [4.78, 5) is 23.0. The molecular formula is C13H17NO4. The molecule has 0 fully saturated rings. The molecule has 0 bridgehead atoms. The average molecular weight is 251 g/mol. The Morgan fingerprint density at radius 1 is 1.22 bits per heavy atom. The lowest BCUT2D eigenvalue weighted by atomic mass is 9.99. The fraction of sp³-hybridized carbons (Fsp3) is 0.385. The highest BCUT2D eigenvalue weighted by molar-refractivity contribution is 6.00. The summed E-state index contributed by atoms with van der Waals surface area (Å²) in [5, 5.41) is 9.13. The second-order valence-electron chi connectivity index (χ2n) is 4.97. The number of hydrogen-bond acceptors (Lipinski definition) is 4. The Balaban J connectivity index is 3.00. The number of benzene rings is 1. The number of carbonyl (C=O) groups excluding carboxylic acids is 1. The molecule has 0 aromatic heterocycles. The molecule has 0 aliphatic rings. The van der Waals surface area contributed by atoms with E-state index >= 15 is 0 Å². The molecule has 0 spiro atoms. The standard InChI is InChI=1S/C13H17NO4/c1-13(2,3)18-12(17)10(11(15)16)8-4-6-9(14)7-5-8/h4-7,10H,14H2,1-3H3,(H,15,16)/t10-/m0/s1. The van der Waals surface area contributed by atoms with E-state index < -0.39 is 23.5 Å². The van der Waals surface area contributed by atoms with Crippen LogP contribution in [0, 0.1) is 0 Å². The Bertz CT molecular complexity index is 445. The molecule has 98 valence electrons. The minimum absolute atomic E-state index is 0.353. The van der Waals surface area contributed by atoms with Crippen LogP contribution in [0.25, 0.3) is 0 Å². The van der Waals surface area contributed by atoms with Crippen LogP contribution in [-0.2, 0) is 14.3 Å². The van der Waals surface area contributed by atoms with Gasteiger partial charge in [0.1, 0.15) is 5.60 Å². The zero-order valence-corrected chi connectivity index (χ0v) is 10.6. The Morgan fingerprint density at radius 2 is 1.72 bits per heavy atom. The first-order valence-corrected chi connectivity index (χ1v) is 5.52. The van der Waals surface area contributed by atoms with Gasteiger partial charge in [0, 0.05) is 5.69 Å². The molecule has 0 saturated carbocycles. The number of anilines is 1. The van der Waals surface area contributed by atoms with Gasteiger partial charge in [0.15, 0.2) is 5.92 Å². The van der Waals surface area contributed by atoms with Crippen molar-refractivity contribution in [2.24, 2.45) is 0 Å². The van der Waals surface area contributed by atoms with Gasteiger partial charge < -0.3 is 15.6 Å². The maximum atomic E-state index is 11.9. The van der Waals surface area contributed by atoms with Crippen molar-refractivity contribution in [2.75, 3.05) is 5.73 Å². The van der Waals surface area contributed by atoms with E-state index in [1.165, 1.54) is 12.1 Å². The van der Waals surface area contributed by atoms with Crippen LogP contribution < -0.4 is 5.73 Å². The molecule has 1 aromatic rings. The number of esters is 1. The summed E-state index contributed by atoms with van der Waals surface area (Å²) >= 11 is 0. The van der Waals surface area contributed by atoms with E-state index in [2.05, 4.69) is 0 Å². The second-order valence-corrected chi connectivity index (χ2v) is 4.97. The van der Waals surface area contributed by atoms with Gasteiger partial charge in [-0.3, -0.25) is 9.59 Å². The van der Waals surface area contributed by atoms with Crippen molar-refractivity contribution in [3.63, 3.8) is 0 Å². The van der Waals surface area contributed by atoms with Crippen LogP contribution in [0.15, 0.2) is 24.3 Å². The maximum absolute atomic E-state index is 11.9. The highest BCUT2D eigenvalue weighted by atomic mass is 16.6.